The zero-order chi connectivity index (χ0) is 20.7. The third kappa shape index (κ3) is 3.50. The van der Waals surface area contributed by atoms with Gasteiger partial charge in [0.2, 0.25) is 0 Å². The van der Waals surface area contributed by atoms with Crippen molar-refractivity contribution in [2.24, 2.45) is 0 Å². The molecule has 5 nitrogen and oxygen atoms in total. The van der Waals surface area contributed by atoms with E-state index in [0.29, 0.717) is 18.3 Å². The van der Waals surface area contributed by atoms with Crippen LogP contribution in [0.4, 0.5) is 0 Å². The summed E-state index contributed by atoms with van der Waals surface area (Å²) in [6, 6.07) is 14.2. The number of aryl methyl sites for hydroxylation is 1. The molecule has 0 aliphatic heterocycles. The molecule has 1 atom stereocenters. The molecule has 2 N–H and O–H groups in total. The van der Waals surface area contributed by atoms with Gasteiger partial charge in [-0.1, -0.05) is 12.1 Å². The van der Waals surface area contributed by atoms with Crippen molar-refractivity contribution in [3.8, 4) is 16.9 Å². The number of aliphatic hydroxyl groups is 1. The predicted octanol–water partition coefficient (Wildman–Crippen LogP) is 4.72. The number of aromatic amines is 1. The van der Waals surface area contributed by atoms with Crippen LogP contribution in [0.3, 0.4) is 0 Å². The van der Waals surface area contributed by atoms with Gasteiger partial charge in [0.05, 0.1) is 22.9 Å². The quantitative estimate of drug-likeness (QED) is 0.424. The number of hydrogen-bond donors (Lipinski definition) is 2. The Bertz CT molecular complexity index is 1260. The Balaban J connectivity index is 1.69. The number of rotatable bonds is 7. The minimum Gasteiger partial charge on any atom is -0.491 e. The number of benzene rings is 2. The molecule has 0 saturated heterocycles. The third-order valence-electron chi connectivity index (χ3n) is 5.47. The van der Waals surface area contributed by atoms with Gasteiger partial charge >= 0.3 is 0 Å². The van der Waals surface area contributed by atoms with Crippen molar-refractivity contribution in [3.63, 3.8) is 0 Å². The van der Waals surface area contributed by atoms with Crippen molar-refractivity contribution >= 4 is 32.7 Å². The molecule has 1 saturated carbocycles. The molecule has 2 heterocycles. The van der Waals surface area contributed by atoms with Crippen LogP contribution in [0.1, 0.15) is 24.8 Å². The van der Waals surface area contributed by atoms with Gasteiger partial charge in [-0.3, -0.25) is 4.21 Å². The fourth-order valence-corrected chi connectivity index (χ4v) is 5.24. The first-order chi connectivity index (χ1) is 14.7. The number of aromatic nitrogens is 2. The van der Waals surface area contributed by atoms with Gasteiger partial charge in [-0.05, 0) is 66.8 Å². The Morgan fingerprint density at radius 1 is 1.23 bits per heavy atom. The maximum absolute atomic E-state index is 12.7. The maximum atomic E-state index is 12.7. The number of aliphatic hydroxyl groups excluding tert-OH is 1. The fourth-order valence-electron chi connectivity index (χ4n) is 3.84. The van der Waals surface area contributed by atoms with Crippen molar-refractivity contribution in [2.75, 3.05) is 13.2 Å². The number of fused-ring (bicyclic) bond motifs is 3. The Morgan fingerprint density at radius 3 is 2.90 bits per heavy atom. The number of hydrogen-bond acceptors (Lipinski definition) is 4. The highest BCUT2D eigenvalue weighted by Crippen LogP contribution is 2.40. The first-order valence-electron chi connectivity index (χ1n) is 10.3. The van der Waals surface area contributed by atoms with E-state index in [-0.39, 0.29) is 6.61 Å². The first-order valence-corrected chi connectivity index (χ1v) is 11.5. The van der Waals surface area contributed by atoms with Crippen molar-refractivity contribution in [1.29, 1.82) is 0 Å². The van der Waals surface area contributed by atoms with Gasteiger partial charge in [-0.25, -0.2) is 4.98 Å². The van der Waals surface area contributed by atoms with Crippen LogP contribution < -0.4 is 4.74 Å². The van der Waals surface area contributed by atoms with E-state index < -0.39 is 10.8 Å². The normalized spacial score (nSPS) is 15.0. The van der Waals surface area contributed by atoms with E-state index in [1.54, 1.807) is 0 Å². The topological polar surface area (TPSA) is 75.2 Å². The van der Waals surface area contributed by atoms with Gasteiger partial charge in [0.25, 0.3) is 0 Å². The summed E-state index contributed by atoms with van der Waals surface area (Å²) in [5, 5.41) is 11.5. The lowest BCUT2D eigenvalue weighted by molar-refractivity contribution is 0.234. The lowest BCUT2D eigenvalue weighted by Crippen LogP contribution is -2.00. The highest BCUT2D eigenvalue weighted by molar-refractivity contribution is 7.86. The van der Waals surface area contributed by atoms with Gasteiger partial charge in [0, 0.05) is 40.1 Å². The molecule has 30 heavy (non-hydrogen) atoms. The third-order valence-corrected chi connectivity index (χ3v) is 7.26. The molecular weight excluding hydrogens is 396 g/mol. The Hall–Kier alpha value is -2.70. The van der Waals surface area contributed by atoms with Gasteiger partial charge in [-0.15, -0.1) is 0 Å². The zero-order valence-corrected chi connectivity index (χ0v) is 17.7. The second-order valence-electron chi connectivity index (χ2n) is 7.85. The summed E-state index contributed by atoms with van der Waals surface area (Å²) in [7, 11) is -0.941. The van der Waals surface area contributed by atoms with E-state index in [9.17, 15) is 4.21 Å². The molecule has 0 amide bonds. The van der Waals surface area contributed by atoms with Gasteiger partial charge in [0.1, 0.15) is 11.4 Å². The van der Waals surface area contributed by atoms with Crippen LogP contribution in [-0.2, 0) is 10.8 Å². The average molecular weight is 421 g/mol. The van der Waals surface area contributed by atoms with Gasteiger partial charge in [-0.2, -0.15) is 0 Å². The summed E-state index contributed by atoms with van der Waals surface area (Å²) in [6.07, 6.45) is 4.53. The van der Waals surface area contributed by atoms with Crippen LogP contribution in [0, 0.1) is 6.92 Å². The molecule has 0 radical (unpaired) electrons. The second kappa shape index (κ2) is 7.85. The minimum absolute atomic E-state index is 0.0968. The van der Waals surface area contributed by atoms with Crippen molar-refractivity contribution in [1.82, 2.24) is 9.97 Å². The molecule has 4 aromatic rings. The monoisotopic (exact) mass is 420 g/mol. The van der Waals surface area contributed by atoms with Crippen LogP contribution in [0.5, 0.6) is 5.75 Å². The fraction of sp³-hybridized carbons (Fsp3) is 0.292. The second-order valence-corrected chi connectivity index (χ2v) is 9.58. The van der Waals surface area contributed by atoms with E-state index in [4.69, 9.17) is 9.84 Å². The standard InChI is InChI=1S/C24H24N2O3S/c1-15-12-20-22-19(16-4-2-5-18(13-16)30(28)17-6-7-17)8-9-21(29-11-3-10-27)23(22)26-24(20)25-14-15/h2,4-5,8-9,12-14,17,27H,3,6-7,10-11H2,1H3,(H,25,26). The lowest BCUT2D eigenvalue weighted by atomic mass is 9.99. The summed E-state index contributed by atoms with van der Waals surface area (Å²) < 4.78 is 18.7. The van der Waals surface area contributed by atoms with Crippen LogP contribution in [0.2, 0.25) is 0 Å². The van der Waals surface area contributed by atoms with Crippen LogP contribution >= 0.6 is 0 Å². The summed E-state index contributed by atoms with van der Waals surface area (Å²) in [4.78, 5) is 8.88. The van der Waals surface area contributed by atoms with Crippen LogP contribution in [-0.4, -0.2) is 37.7 Å². The van der Waals surface area contributed by atoms with E-state index in [0.717, 1.165) is 62.1 Å². The van der Waals surface area contributed by atoms with Crippen molar-refractivity contribution in [3.05, 3.63) is 54.2 Å². The molecule has 5 rings (SSSR count). The molecule has 154 valence electrons. The predicted molar refractivity (Wildman–Crippen MR) is 120 cm³/mol. The number of H-pyrrole nitrogens is 1. The van der Waals surface area contributed by atoms with E-state index >= 15 is 0 Å². The summed E-state index contributed by atoms with van der Waals surface area (Å²) >= 11 is 0. The number of nitrogens with one attached hydrogen (secondary N) is 1. The highest BCUT2D eigenvalue weighted by Gasteiger charge is 2.29. The molecular formula is C24H24N2O3S. The Kier molecular flexibility index (Phi) is 5.05. The highest BCUT2D eigenvalue weighted by atomic mass is 32.2. The molecule has 1 aliphatic carbocycles. The zero-order valence-electron chi connectivity index (χ0n) is 16.9. The number of pyridine rings is 1. The average Bonchev–Trinajstić information content (AvgIpc) is 3.55. The van der Waals surface area contributed by atoms with Crippen LogP contribution in [0.15, 0.2) is 53.6 Å². The molecule has 1 unspecified atom stereocenters. The molecule has 0 spiro atoms. The first kappa shape index (κ1) is 19.3. The largest absolute Gasteiger partial charge is 0.491 e. The molecule has 1 fully saturated rings. The summed E-state index contributed by atoms with van der Waals surface area (Å²) in [6.45, 7) is 2.58. The number of nitrogens with zero attached hydrogens (tertiary/aromatic N) is 1. The Labute approximate surface area is 177 Å². The van der Waals surface area contributed by atoms with E-state index in [2.05, 4.69) is 34.2 Å². The van der Waals surface area contributed by atoms with Crippen molar-refractivity contribution < 1.29 is 14.1 Å². The van der Waals surface area contributed by atoms with Crippen molar-refractivity contribution in [2.45, 2.75) is 36.3 Å². The summed E-state index contributed by atoms with van der Waals surface area (Å²) in [5.74, 6) is 0.746. The summed E-state index contributed by atoms with van der Waals surface area (Å²) in [5.41, 5.74) is 4.90. The minimum atomic E-state index is -0.941. The number of ether oxygens (including phenoxy) is 1. The van der Waals surface area contributed by atoms with Crippen LogP contribution in [0.25, 0.3) is 33.1 Å². The van der Waals surface area contributed by atoms with Gasteiger partial charge < -0.3 is 14.8 Å². The lowest BCUT2D eigenvalue weighted by Gasteiger charge is -2.11. The Morgan fingerprint density at radius 2 is 2.10 bits per heavy atom. The van der Waals surface area contributed by atoms with E-state index in [1.165, 1.54) is 0 Å². The molecule has 2 aromatic heterocycles. The molecule has 0 bridgehead atoms. The SMILES string of the molecule is Cc1cnc2[nH]c3c(OCCCO)ccc(-c4cccc(S(=O)C5CC5)c4)c3c2c1. The molecule has 2 aromatic carbocycles. The smallest absolute Gasteiger partial charge is 0.143 e. The van der Waals surface area contributed by atoms with Gasteiger partial charge in [0.15, 0.2) is 0 Å². The van der Waals surface area contributed by atoms with E-state index in [1.807, 2.05) is 31.3 Å². The molecule has 1 aliphatic rings. The molecule has 6 heteroatoms. The maximum Gasteiger partial charge on any atom is 0.143 e.